The molecule has 0 aliphatic rings. The molecular formula is C10H16N2O3S. The van der Waals surface area contributed by atoms with E-state index in [9.17, 15) is 13.2 Å². The SMILES string of the molecule is Cc1nc(CS(C)(=O)=O)[nH]c(=O)c1C(C)C. The fraction of sp³-hybridized carbons (Fsp3) is 0.600. The Labute approximate surface area is 94.8 Å². The average molecular weight is 244 g/mol. The molecule has 90 valence electrons. The lowest BCUT2D eigenvalue weighted by Crippen LogP contribution is -2.21. The molecule has 1 aromatic rings. The maximum absolute atomic E-state index is 11.7. The molecule has 16 heavy (non-hydrogen) atoms. The highest BCUT2D eigenvalue weighted by Crippen LogP contribution is 2.12. The van der Waals surface area contributed by atoms with Crippen molar-refractivity contribution in [2.45, 2.75) is 32.4 Å². The summed E-state index contributed by atoms with van der Waals surface area (Å²) in [5.74, 6) is 0.0412. The predicted octanol–water partition coefficient (Wildman–Crippen LogP) is 0.746. The molecule has 0 spiro atoms. The van der Waals surface area contributed by atoms with Gasteiger partial charge in [-0.15, -0.1) is 0 Å². The standard InChI is InChI=1S/C10H16N2O3S/c1-6(2)9-7(3)11-8(12-10(9)13)5-16(4,14)15/h6H,5H2,1-4H3,(H,11,12,13). The second-order valence-corrected chi connectivity index (χ2v) is 6.38. The van der Waals surface area contributed by atoms with Crippen molar-refractivity contribution in [1.82, 2.24) is 9.97 Å². The van der Waals surface area contributed by atoms with Crippen LogP contribution in [-0.4, -0.2) is 24.6 Å². The van der Waals surface area contributed by atoms with E-state index in [1.54, 1.807) is 6.92 Å². The van der Waals surface area contributed by atoms with Gasteiger partial charge in [-0.2, -0.15) is 0 Å². The van der Waals surface area contributed by atoms with Crippen LogP contribution in [0.25, 0.3) is 0 Å². The van der Waals surface area contributed by atoms with Crippen LogP contribution in [0.5, 0.6) is 0 Å². The van der Waals surface area contributed by atoms with Gasteiger partial charge in [0, 0.05) is 17.5 Å². The summed E-state index contributed by atoms with van der Waals surface area (Å²) < 4.78 is 22.2. The van der Waals surface area contributed by atoms with Crippen LogP contribution in [-0.2, 0) is 15.6 Å². The Bertz CT molecular complexity index is 544. The molecule has 0 aromatic carbocycles. The van der Waals surface area contributed by atoms with Gasteiger partial charge in [0.25, 0.3) is 5.56 Å². The summed E-state index contributed by atoms with van der Waals surface area (Å²) in [6, 6.07) is 0. The Morgan fingerprint density at radius 1 is 1.38 bits per heavy atom. The number of sulfone groups is 1. The molecule has 0 fully saturated rings. The lowest BCUT2D eigenvalue weighted by Gasteiger charge is -2.08. The summed E-state index contributed by atoms with van der Waals surface area (Å²) in [7, 11) is -3.18. The van der Waals surface area contributed by atoms with Crippen molar-refractivity contribution in [2.75, 3.05) is 6.26 Å². The highest BCUT2D eigenvalue weighted by Gasteiger charge is 2.13. The van der Waals surface area contributed by atoms with E-state index in [1.807, 2.05) is 13.8 Å². The first-order valence-electron chi connectivity index (χ1n) is 4.98. The van der Waals surface area contributed by atoms with Crippen LogP contribution in [0.1, 0.15) is 36.8 Å². The fourth-order valence-corrected chi connectivity index (χ4v) is 2.28. The topological polar surface area (TPSA) is 79.9 Å². The van der Waals surface area contributed by atoms with Crippen LogP contribution < -0.4 is 5.56 Å². The van der Waals surface area contributed by atoms with Gasteiger partial charge in [0.05, 0.1) is 0 Å². The van der Waals surface area contributed by atoms with E-state index in [0.29, 0.717) is 11.3 Å². The molecule has 0 bridgehead atoms. The monoisotopic (exact) mass is 244 g/mol. The molecule has 6 heteroatoms. The number of hydrogen-bond donors (Lipinski definition) is 1. The molecule has 0 aliphatic carbocycles. The van der Waals surface area contributed by atoms with Gasteiger partial charge < -0.3 is 4.98 Å². The van der Waals surface area contributed by atoms with E-state index in [0.717, 1.165) is 6.26 Å². The van der Waals surface area contributed by atoms with Gasteiger partial charge in [-0.3, -0.25) is 4.79 Å². The number of aromatic amines is 1. The molecule has 0 amide bonds. The zero-order valence-corrected chi connectivity index (χ0v) is 10.7. The maximum Gasteiger partial charge on any atom is 0.254 e. The van der Waals surface area contributed by atoms with Crippen LogP contribution in [0.15, 0.2) is 4.79 Å². The quantitative estimate of drug-likeness (QED) is 0.850. The van der Waals surface area contributed by atoms with Crippen molar-refractivity contribution in [3.05, 3.63) is 27.4 Å². The van der Waals surface area contributed by atoms with E-state index < -0.39 is 9.84 Å². The number of rotatable bonds is 3. The highest BCUT2D eigenvalue weighted by atomic mass is 32.2. The van der Waals surface area contributed by atoms with Crippen molar-refractivity contribution in [2.24, 2.45) is 0 Å². The molecule has 0 atom stereocenters. The van der Waals surface area contributed by atoms with Crippen molar-refractivity contribution in [3.63, 3.8) is 0 Å². The fourth-order valence-electron chi connectivity index (χ4n) is 1.65. The number of aryl methyl sites for hydroxylation is 1. The van der Waals surface area contributed by atoms with E-state index in [-0.39, 0.29) is 23.1 Å². The van der Waals surface area contributed by atoms with Crippen LogP contribution in [0, 0.1) is 6.92 Å². The van der Waals surface area contributed by atoms with Crippen LogP contribution in [0.4, 0.5) is 0 Å². The van der Waals surface area contributed by atoms with E-state index >= 15 is 0 Å². The molecule has 0 saturated carbocycles. The van der Waals surface area contributed by atoms with Gasteiger partial charge in [0.1, 0.15) is 11.6 Å². The molecule has 1 heterocycles. The van der Waals surface area contributed by atoms with E-state index in [1.165, 1.54) is 0 Å². The number of nitrogens with one attached hydrogen (secondary N) is 1. The Morgan fingerprint density at radius 2 is 1.94 bits per heavy atom. The molecule has 0 unspecified atom stereocenters. The Balaban J connectivity index is 3.26. The second-order valence-electron chi connectivity index (χ2n) is 4.24. The summed E-state index contributed by atoms with van der Waals surface area (Å²) in [6.07, 6.45) is 1.11. The summed E-state index contributed by atoms with van der Waals surface area (Å²) in [5, 5.41) is 0. The molecule has 1 rings (SSSR count). The van der Waals surface area contributed by atoms with Gasteiger partial charge in [0.15, 0.2) is 9.84 Å². The van der Waals surface area contributed by atoms with Crippen molar-refractivity contribution < 1.29 is 8.42 Å². The van der Waals surface area contributed by atoms with Crippen molar-refractivity contribution in [1.29, 1.82) is 0 Å². The molecule has 1 N–H and O–H groups in total. The van der Waals surface area contributed by atoms with E-state index in [2.05, 4.69) is 9.97 Å². The van der Waals surface area contributed by atoms with Crippen LogP contribution in [0.2, 0.25) is 0 Å². The van der Waals surface area contributed by atoms with Gasteiger partial charge in [0.2, 0.25) is 0 Å². The first-order chi connectivity index (χ1) is 7.20. The Morgan fingerprint density at radius 3 is 2.31 bits per heavy atom. The third kappa shape index (κ3) is 3.16. The van der Waals surface area contributed by atoms with Gasteiger partial charge in [-0.05, 0) is 12.8 Å². The number of H-pyrrole nitrogens is 1. The van der Waals surface area contributed by atoms with Crippen LogP contribution in [0.3, 0.4) is 0 Å². The zero-order valence-electron chi connectivity index (χ0n) is 9.86. The summed E-state index contributed by atoms with van der Waals surface area (Å²) in [4.78, 5) is 18.3. The lowest BCUT2D eigenvalue weighted by molar-refractivity contribution is 0.599. The minimum absolute atomic E-state index is 0.0727. The normalized spacial score (nSPS) is 12.1. The summed E-state index contributed by atoms with van der Waals surface area (Å²) >= 11 is 0. The average Bonchev–Trinajstić information content (AvgIpc) is 1.96. The number of nitrogens with zero attached hydrogens (tertiary/aromatic N) is 1. The third-order valence-corrected chi connectivity index (χ3v) is 2.97. The van der Waals surface area contributed by atoms with Gasteiger partial charge in [-0.25, -0.2) is 13.4 Å². The lowest BCUT2D eigenvalue weighted by atomic mass is 10.0. The Kier molecular flexibility index (Phi) is 3.52. The minimum atomic E-state index is -3.18. The summed E-state index contributed by atoms with van der Waals surface area (Å²) in [5.41, 5.74) is 0.954. The smallest absolute Gasteiger partial charge is 0.254 e. The number of aromatic nitrogens is 2. The molecule has 1 aromatic heterocycles. The first kappa shape index (κ1) is 12.9. The van der Waals surface area contributed by atoms with E-state index in [4.69, 9.17) is 0 Å². The van der Waals surface area contributed by atoms with Gasteiger partial charge in [-0.1, -0.05) is 13.8 Å². The Hall–Kier alpha value is -1.17. The van der Waals surface area contributed by atoms with Crippen LogP contribution >= 0.6 is 0 Å². The predicted molar refractivity (Wildman–Crippen MR) is 62.2 cm³/mol. The molecule has 0 radical (unpaired) electrons. The largest absolute Gasteiger partial charge is 0.309 e. The van der Waals surface area contributed by atoms with Crippen molar-refractivity contribution >= 4 is 9.84 Å². The second kappa shape index (κ2) is 4.37. The first-order valence-corrected chi connectivity index (χ1v) is 7.04. The third-order valence-electron chi connectivity index (χ3n) is 2.17. The summed E-state index contributed by atoms with van der Waals surface area (Å²) in [6.45, 7) is 5.52. The molecule has 0 saturated heterocycles. The van der Waals surface area contributed by atoms with Crippen molar-refractivity contribution in [3.8, 4) is 0 Å². The van der Waals surface area contributed by atoms with Gasteiger partial charge >= 0.3 is 0 Å². The molecular weight excluding hydrogens is 228 g/mol. The molecule has 0 aliphatic heterocycles. The minimum Gasteiger partial charge on any atom is -0.309 e. The molecule has 5 nitrogen and oxygen atoms in total. The number of hydrogen-bond acceptors (Lipinski definition) is 4. The zero-order chi connectivity index (χ0) is 12.5. The highest BCUT2D eigenvalue weighted by molar-refractivity contribution is 7.89. The maximum atomic E-state index is 11.7.